The third kappa shape index (κ3) is 4.72. The molecule has 1 aliphatic rings. The largest absolute Gasteiger partial charge is 0.353 e. The molecule has 1 heterocycles. The number of halogens is 1. The normalized spacial score (nSPS) is 16.1. The minimum absolute atomic E-state index is 0.189. The number of benzene rings is 2. The van der Waals surface area contributed by atoms with E-state index in [2.05, 4.69) is 10.6 Å². The van der Waals surface area contributed by atoms with Gasteiger partial charge in [0, 0.05) is 36.5 Å². The molecular formula is C19H17FN4O5. The average Bonchev–Trinajstić information content (AvgIpc) is 2.69. The molecule has 1 atom stereocenters. The van der Waals surface area contributed by atoms with Gasteiger partial charge in [0.05, 0.1) is 11.3 Å². The molecule has 1 aliphatic heterocycles. The molecule has 0 radical (unpaired) electrons. The molecule has 0 aromatic heterocycles. The fraction of sp³-hybridized carbons (Fsp3) is 0.211. The summed E-state index contributed by atoms with van der Waals surface area (Å²) in [5.41, 5.74) is 0.216. The van der Waals surface area contributed by atoms with Crippen molar-refractivity contribution in [2.45, 2.75) is 12.5 Å². The molecule has 2 aromatic carbocycles. The number of hydrogen-bond acceptors (Lipinski definition) is 5. The Bertz CT molecular complexity index is 963. The highest BCUT2D eigenvalue weighted by atomic mass is 19.1. The van der Waals surface area contributed by atoms with E-state index < -0.39 is 34.5 Å². The molecule has 0 bridgehead atoms. The maximum Gasteiger partial charge on any atom is 0.271 e. The zero-order valence-corrected chi connectivity index (χ0v) is 15.1. The maximum absolute atomic E-state index is 13.1. The second-order valence-electron chi connectivity index (χ2n) is 6.37. The van der Waals surface area contributed by atoms with Gasteiger partial charge in [0.1, 0.15) is 11.9 Å². The number of nitrogens with one attached hydrogen (secondary N) is 2. The van der Waals surface area contributed by atoms with Gasteiger partial charge in [-0.05, 0) is 30.3 Å². The van der Waals surface area contributed by atoms with Crippen LogP contribution in [0.15, 0.2) is 48.5 Å². The van der Waals surface area contributed by atoms with Crippen LogP contribution in [0.4, 0.5) is 15.8 Å². The summed E-state index contributed by atoms with van der Waals surface area (Å²) in [6.45, 7) is 0.422. The van der Waals surface area contributed by atoms with Crippen molar-refractivity contribution in [1.82, 2.24) is 10.2 Å². The number of piperazine rings is 1. The van der Waals surface area contributed by atoms with Crippen LogP contribution in [0, 0.1) is 15.9 Å². The Morgan fingerprint density at radius 3 is 2.66 bits per heavy atom. The fourth-order valence-electron chi connectivity index (χ4n) is 3.00. The summed E-state index contributed by atoms with van der Waals surface area (Å²) >= 11 is 0. The van der Waals surface area contributed by atoms with Gasteiger partial charge >= 0.3 is 0 Å². The van der Waals surface area contributed by atoms with Gasteiger partial charge < -0.3 is 15.5 Å². The Labute approximate surface area is 164 Å². The SMILES string of the molecule is O=C(C[C@H]1C(=O)NCCN1C(=O)c1ccc(F)cc1)Nc1cccc([N+](=O)[O-])c1. The molecule has 3 amide bonds. The highest BCUT2D eigenvalue weighted by Gasteiger charge is 2.35. The summed E-state index contributed by atoms with van der Waals surface area (Å²) in [7, 11) is 0. The van der Waals surface area contributed by atoms with Crippen LogP contribution in [0.25, 0.3) is 0 Å². The molecule has 3 rings (SSSR count). The van der Waals surface area contributed by atoms with Crippen molar-refractivity contribution < 1.29 is 23.7 Å². The standard InChI is InChI=1S/C19H17FN4O5/c20-13-6-4-12(5-7-13)19(27)23-9-8-21-18(26)16(23)11-17(25)22-14-2-1-3-15(10-14)24(28)29/h1-7,10,16H,8-9,11H2,(H,21,26)(H,22,25)/t16-/m0/s1. The van der Waals surface area contributed by atoms with Crippen LogP contribution >= 0.6 is 0 Å². The van der Waals surface area contributed by atoms with E-state index >= 15 is 0 Å². The number of non-ortho nitro benzene ring substituents is 1. The highest BCUT2D eigenvalue weighted by molar-refractivity contribution is 6.01. The van der Waals surface area contributed by atoms with Crippen molar-refractivity contribution in [3.8, 4) is 0 Å². The van der Waals surface area contributed by atoms with E-state index in [0.717, 1.165) is 12.1 Å². The van der Waals surface area contributed by atoms with Gasteiger partial charge in [-0.2, -0.15) is 0 Å². The zero-order valence-electron chi connectivity index (χ0n) is 15.1. The van der Waals surface area contributed by atoms with Crippen LogP contribution in [-0.4, -0.2) is 46.7 Å². The van der Waals surface area contributed by atoms with Crippen molar-refractivity contribution in [1.29, 1.82) is 0 Å². The minimum atomic E-state index is -1.06. The molecule has 0 aliphatic carbocycles. The average molecular weight is 400 g/mol. The van der Waals surface area contributed by atoms with E-state index in [1.54, 1.807) is 0 Å². The van der Waals surface area contributed by atoms with Crippen molar-refractivity contribution in [3.63, 3.8) is 0 Å². The first-order valence-electron chi connectivity index (χ1n) is 8.73. The van der Waals surface area contributed by atoms with Crippen molar-refractivity contribution >= 4 is 29.1 Å². The summed E-state index contributed by atoms with van der Waals surface area (Å²) in [6, 6.07) is 9.23. The molecular weight excluding hydrogens is 383 g/mol. The Balaban J connectivity index is 1.73. The number of anilines is 1. The zero-order chi connectivity index (χ0) is 21.0. The van der Waals surface area contributed by atoms with E-state index in [-0.39, 0.29) is 36.4 Å². The quantitative estimate of drug-likeness (QED) is 0.584. The van der Waals surface area contributed by atoms with Gasteiger partial charge in [-0.25, -0.2) is 4.39 Å². The highest BCUT2D eigenvalue weighted by Crippen LogP contribution is 2.19. The number of carbonyl (C=O) groups excluding carboxylic acids is 3. The smallest absolute Gasteiger partial charge is 0.271 e. The molecule has 1 fully saturated rings. The number of nitrogens with zero attached hydrogens (tertiary/aromatic N) is 2. The van der Waals surface area contributed by atoms with Gasteiger partial charge in [-0.3, -0.25) is 24.5 Å². The molecule has 1 saturated heterocycles. The first-order chi connectivity index (χ1) is 13.8. The van der Waals surface area contributed by atoms with E-state index in [9.17, 15) is 28.9 Å². The van der Waals surface area contributed by atoms with Gasteiger partial charge in [0.2, 0.25) is 11.8 Å². The molecule has 2 N–H and O–H groups in total. The lowest BCUT2D eigenvalue weighted by atomic mass is 10.1. The van der Waals surface area contributed by atoms with Crippen LogP contribution in [0.3, 0.4) is 0 Å². The second kappa shape index (κ2) is 8.46. The summed E-state index contributed by atoms with van der Waals surface area (Å²) in [5.74, 6) is -2.05. The summed E-state index contributed by atoms with van der Waals surface area (Å²) in [6.07, 6.45) is -0.332. The van der Waals surface area contributed by atoms with Crippen LogP contribution in [0.5, 0.6) is 0 Å². The van der Waals surface area contributed by atoms with Crippen LogP contribution in [0.1, 0.15) is 16.8 Å². The first-order valence-corrected chi connectivity index (χ1v) is 8.73. The number of rotatable bonds is 5. The lowest BCUT2D eigenvalue weighted by Crippen LogP contribution is -2.58. The molecule has 29 heavy (non-hydrogen) atoms. The minimum Gasteiger partial charge on any atom is -0.353 e. The first kappa shape index (κ1) is 19.9. The molecule has 0 saturated carbocycles. The summed E-state index contributed by atoms with van der Waals surface area (Å²) < 4.78 is 13.1. The Hall–Kier alpha value is -3.82. The van der Waals surface area contributed by atoms with Crippen LogP contribution in [-0.2, 0) is 9.59 Å². The third-order valence-electron chi connectivity index (χ3n) is 4.40. The number of nitro groups is 1. The van der Waals surface area contributed by atoms with Gasteiger partial charge in [-0.1, -0.05) is 6.07 Å². The number of amides is 3. The van der Waals surface area contributed by atoms with E-state index in [1.165, 1.54) is 41.3 Å². The van der Waals surface area contributed by atoms with E-state index in [4.69, 9.17) is 0 Å². The number of nitro benzene ring substituents is 1. The molecule has 9 nitrogen and oxygen atoms in total. The predicted molar refractivity (Wildman–Crippen MR) is 101 cm³/mol. The topological polar surface area (TPSA) is 122 Å². The Morgan fingerprint density at radius 1 is 1.24 bits per heavy atom. The molecule has 0 unspecified atom stereocenters. The number of hydrogen-bond donors (Lipinski definition) is 2. The molecule has 0 spiro atoms. The lowest BCUT2D eigenvalue weighted by Gasteiger charge is -2.34. The van der Waals surface area contributed by atoms with Gasteiger partial charge in [-0.15, -0.1) is 0 Å². The lowest BCUT2D eigenvalue weighted by molar-refractivity contribution is -0.384. The van der Waals surface area contributed by atoms with Crippen LogP contribution < -0.4 is 10.6 Å². The third-order valence-corrected chi connectivity index (χ3v) is 4.40. The van der Waals surface area contributed by atoms with Gasteiger partial charge in [0.25, 0.3) is 11.6 Å². The van der Waals surface area contributed by atoms with Crippen molar-refractivity contribution in [2.24, 2.45) is 0 Å². The fourth-order valence-corrected chi connectivity index (χ4v) is 3.00. The Kier molecular flexibility index (Phi) is 5.82. The van der Waals surface area contributed by atoms with Crippen molar-refractivity contribution in [3.05, 3.63) is 70.0 Å². The molecule has 150 valence electrons. The van der Waals surface area contributed by atoms with Crippen LogP contribution in [0.2, 0.25) is 0 Å². The van der Waals surface area contributed by atoms with Crippen molar-refractivity contribution in [2.75, 3.05) is 18.4 Å². The summed E-state index contributed by atoms with van der Waals surface area (Å²) in [5, 5.41) is 16.0. The van der Waals surface area contributed by atoms with E-state index in [1.807, 2.05) is 0 Å². The summed E-state index contributed by atoms with van der Waals surface area (Å²) in [4.78, 5) is 49.0. The number of carbonyl (C=O) groups is 3. The monoisotopic (exact) mass is 400 g/mol. The van der Waals surface area contributed by atoms with E-state index in [0.29, 0.717) is 0 Å². The predicted octanol–water partition coefficient (Wildman–Crippen LogP) is 1.70. The second-order valence-corrected chi connectivity index (χ2v) is 6.37. The maximum atomic E-state index is 13.1. The molecule has 10 heteroatoms. The molecule has 2 aromatic rings. The Morgan fingerprint density at radius 2 is 1.97 bits per heavy atom. The van der Waals surface area contributed by atoms with Gasteiger partial charge in [0.15, 0.2) is 0 Å².